The van der Waals surface area contributed by atoms with Crippen molar-refractivity contribution in [3.63, 3.8) is 0 Å². The lowest BCUT2D eigenvalue weighted by molar-refractivity contribution is 0.475. The number of phenolic OH excluding ortho intramolecular Hbond substituents is 1. The molecule has 0 aliphatic carbocycles. The molecule has 1 aromatic carbocycles. The number of phenols is 1. The number of rotatable bonds is 4. The maximum Gasteiger partial charge on any atom is 0.247 e. The summed E-state index contributed by atoms with van der Waals surface area (Å²) < 4.78 is 59.0. The first-order valence-corrected chi connectivity index (χ1v) is 7.97. The van der Waals surface area contributed by atoms with Crippen molar-refractivity contribution in [1.29, 1.82) is 0 Å². The van der Waals surface area contributed by atoms with E-state index in [4.69, 9.17) is 0 Å². The van der Waals surface area contributed by atoms with Gasteiger partial charge in [0.25, 0.3) is 0 Å². The van der Waals surface area contributed by atoms with Crippen LogP contribution in [0.2, 0.25) is 0 Å². The second kappa shape index (κ2) is 4.49. The van der Waals surface area contributed by atoms with E-state index in [2.05, 4.69) is 0 Å². The van der Waals surface area contributed by atoms with E-state index in [1.54, 1.807) is 4.72 Å². The molecule has 0 saturated heterocycles. The number of sulfone groups is 1. The van der Waals surface area contributed by atoms with Gasteiger partial charge in [-0.3, -0.25) is 4.72 Å². The van der Waals surface area contributed by atoms with Gasteiger partial charge in [0.15, 0.2) is 14.9 Å². The van der Waals surface area contributed by atoms with Gasteiger partial charge in [0, 0.05) is 12.3 Å². The molecular weight excluding hydrogens is 273 g/mol. The number of nitrogens with one attached hydrogen (secondary N) is 1. The minimum absolute atomic E-state index is 0.409. The minimum atomic E-state index is -4.20. The van der Waals surface area contributed by atoms with E-state index < -0.39 is 42.2 Å². The summed E-state index contributed by atoms with van der Waals surface area (Å²) in [6, 6.07) is 2.63. The van der Waals surface area contributed by atoms with Gasteiger partial charge in [-0.25, -0.2) is 21.2 Å². The largest absolute Gasteiger partial charge is 0.506 e. The summed E-state index contributed by atoms with van der Waals surface area (Å²) in [7, 11) is -7.95. The number of hydrogen-bond donors (Lipinski definition) is 2. The predicted octanol–water partition coefficient (Wildman–Crippen LogP) is 0.275. The smallest absolute Gasteiger partial charge is 0.247 e. The van der Waals surface area contributed by atoms with Gasteiger partial charge in [0.05, 0.1) is 5.69 Å². The molecular formula is C8H10FNO5S2. The molecule has 96 valence electrons. The van der Waals surface area contributed by atoms with E-state index in [-0.39, 0.29) is 0 Å². The fourth-order valence-electron chi connectivity index (χ4n) is 1.07. The van der Waals surface area contributed by atoms with Crippen molar-refractivity contribution in [3.05, 3.63) is 24.0 Å². The normalized spacial score (nSPS) is 12.4. The Bertz CT molecular complexity index is 623. The summed E-state index contributed by atoms with van der Waals surface area (Å²) in [6.45, 7) is 0. The Hall–Kier alpha value is -1.35. The van der Waals surface area contributed by atoms with E-state index >= 15 is 0 Å². The standard InChI is InChI=1S/C8H10FNO5S2/c1-16(12,13)5-17(14,15)10-7-4-6(9)2-3-8(7)11/h2-4,10-11H,5H2,1H3. The highest BCUT2D eigenvalue weighted by Crippen LogP contribution is 2.24. The first-order valence-electron chi connectivity index (χ1n) is 4.26. The number of aromatic hydroxyl groups is 1. The van der Waals surface area contributed by atoms with E-state index in [0.717, 1.165) is 24.5 Å². The first kappa shape index (κ1) is 13.7. The van der Waals surface area contributed by atoms with Gasteiger partial charge in [-0.2, -0.15) is 0 Å². The van der Waals surface area contributed by atoms with Gasteiger partial charge in [0.1, 0.15) is 11.6 Å². The molecule has 6 nitrogen and oxygen atoms in total. The predicted molar refractivity (Wildman–Crippen MR) is 60.3 cm³/mol. The number of anilines is 1. The molecule has 0 aliphatic rings. The molecule has 0 spiro atoms. The summed E-state index contributed by atoms with van der Waals surface area (Å²) in [5, 5.41) is 8.11. The van der Waals surface area contributed by atoms with Crippen LogP contribution in [0.1, 0.15) is 0 Å². The highest BCUT2D eigenvalue weighted by Gasteiger charge is 2.19. The summed E-state index contributed by atoms with van der Waals surface area (Å²) in [4.78, 5) is 0. The molecule has 2 N–H and O–H groups in total. The number of hydrogen-bond acceptors (Lipinski definition) is 5. The highest BCUT2D eigenvalue weighted by atomic mass is 32.3. The lowest BCUT2D eigenvalue weighted by atomic mass is 10.3. The van der Waals surface area contributed by atoms with Crippen LogP contribution in [0.3, 0.4) is 0 Å². The molecule has 0 unspecified atom stereocenters. The SMILES string of the molecule is CS(=O)(=O)CS(=O)(=O)Nc1cc(F)ccc1O. The Balaban J connectivity index is 3.02. The van der Waals surface area contributed by atoms with Crippen LogP contribution in [0.25, 0.3) is 0 Å². The molecule has 0 atom stereocenters. The molecule has 17 heavy (non-hydrogen) atoms. The molecule has 0 amide bonds. The highest BCUT2D eigenvalue weighted by molar-refractivity contribution is 8.08. The average molecular weight is 283 g/mol. The quantitative estimate of drug-likeness (QED) is 0.773. The third-order valence-electron chi connectivity index (χ3n) is 1.59. The molecule has 0 bridgehead atoms. The van der Waals surface area contributed by atoms with Crippen LogP contribution in [0.5, 0.6) is 5.75 Å². The Morgan fingerprint density at radius 1 is 1.29 bits per heavy atom. The maximum atomic E-state index is 12.8. The van der Waals surface area contributed by atoms with E-state index in [1.807, 2.05) is 0 Å². The van der Waals surface area contributed by atoms with Crippen LogP contribution in [0, 0.1) is 5.82 Å². The van der Waals surface area contributed by atoms with Crippen molar-refractivity contribution in [2.24, 2.45) is 0 Å². The molecule has 0 radical (unpaired) electrons. The Labute approximate surface area is 98.1 Å². The Morgan fingerprint density at radius 2 is 1.88 bits per heavy atom. The summed E-state index contributed by atoms with van der Waals surface area (Å²) in [5.41, 5.74) is -0.409. The first-order chi connectivity index (χ1) is 7.59. The third-order valence-corrected chi connectivity index (χ3v) is 5.08. The van der Waals surface area contributed by atoms with Gasteiger partial charge in [-0.1, -0.05) is 0 Å². The van der Waals surface area contributed by atoms with Crippen LogP contribution >= 0.6 is 0 Å². The molecule has 0 aliphatic heterocycles. The second-order valence-electron chi connectivity index (χ2n) is 3.42. The zero-order valence-electron chi connectivity index (χ0n) is 8.71. The Morgan fingerprint density at radius 3 is 2.41 bits per heavy atom. The molecule has 9 heteroatoms. The zero-order valence-corrected chi connectivity index (χ0v) is 10.3. The second-order valence-corrected chi connectivity index (χ2v) is 7.65. The van der Waals surface area contributed by atoms with Crippen LogP contribution < -0.4 is 4.72 Å². The number of sulfonamides is 1. The van der Waals surface area contributed by atoms with Gasteiger partial charge >= 0.3 is 0 Å². The molecule has 0 fully saturated rings. The van der Waals surface area contributed by atoms with Crippen molar-refractivity contribution in [2.45, 2.75) is 0 Å². The van der Waals surface area contributed by atoms with Crippen LogP contribution in [0.4, 0.5) is 10.1 Å². The summed E-state index contributed by atoms with van der Waals surface area (Å²) >= 11 is 0. The number of benzene rings is 1. The van der Waals surface area contributed by atoms with Gasteiger partial charge in [-0.15, -0.1) is 0 Å². The average Bonchev–Trinajstić information content (AvgIpc) is 2.06. The molecule has 1 aromatic rings. The van der Waals surface area contributed by atoms with E-state index in [9.17, 15) is 26.3 Å². The molecule has 0 heterocycles. The fraction of sp³-hybridized carbons (Fsp3) is 0.250. The molecule has 1 rings (SSSR count). The van der Waals surface area contributed by atoms with Gasteiger partial charge < -0.3 is 5.11 Å². The van der Waals surface area contributed by atoms with Crippen LogP contribution in [0.15, 0.2) is 18.2 Å². The third kappa shape index (κ3) is 4.57. The Kier molecular flexibility index (Phi) is 3.62. The van der Waals surface area contributed by atoms with Crippen LogP contribution in [-0.2, 0) is 19.9 Å². The van der Waals surface area contributed by atoms with Crippen molar-refractivity contribution < 1.29 is 26.3 Å². The minimum Gasteiger partial charge on any atom is -0.506 e. The summed E-state index contributed by atoms with van der Waals surface area (Å²) in [5.74, 6) is -1.26. The van der Waals surface area contributed by atoms with E-state index in [1.165, 1.54) is 0 Å². The van der Waals surface area contributed by atoms with Crippen molar-refractivity contribution in [3.8, 4) is 5.75 Å². The van der Waals surface area contributed by atoms with Crippen LogP contribution in [-0.4, -0.2) is 33.3 Å². The fourth-order valence-corrected chi connectivity index (χ4v) is 4.06. The lowest BCUT2D eigenvalue weighted by Crippen LogP contribution is -2.22. The summed E-state index contributed by atoms with van der Waals surface area (Å²) in [6.07, 6.45) is 0.748. The van der Waals surface area contributed by atoms with Gasteiger partial charge in [0.2, 0.25) is 10.0 Å². The number of halogens is 1. The topological polar surface area (TPSA) is 101 Å². The maximum absolute atomic E-state index is 12.8. The van der Waals surface area contributed by atoms with Gasteiger partial charge in [-0.05, 0) is 12.1 Å². The van der Waals surface area contributed by atoms with Crippen molar-refractivity contribution in [2.75, 3.05) is 16.1 Å². The van der Waals surface area contributed by atoms with Crippen molar-refractivity contribution in [1.82, 2.24) is 0 Å². The molecule has 0 aromatic heterocycles. The monoisotopic (exact) mass is 283 g/mol. The zero-order chi connectivity index (χ0) is 13.3. The van der Waals surface area contributed by atoms with Crippen molar-refractivity contribution >= 4 is 25.5 Å². The molecule has 0 saturated carbocycles. The van der Waals surface area contributed by atoms with E-state index in [0.29, 0.717) is 0 Å². The lowest BCUT2D eigenvalue weighted by Gasteiger charge is -2.08.